The Hall–Kier alpha value is -2.70. The molecule has 122 valence electrons. The summed E-state index contributed by atoms with van der Waals surface area (Å²) in [6, 6.07) is -0.756. The first-order valence-corrected chi connectivity index (χ1v) is 7.21. The molecule has 2 rings (SSSR count). The van der Waals surface area contributed by atoms with E-state index in [0.717, 1.165) is 0 Å². The molecule has 2 heterocycles. The summed E-state index contributed by atoms with van der Waals surface area (Å²) < 4.78 is 6.50. The first-order chi connectivity index (χ1) is 10.9. The maximum Gasteiger partial charge on any atom is 0.265 e. The van der Waals surface area contributed by atoms with Crippen molar-refractivity contribution in [2.75, 3.05) is 7.11 Å². The quantitative estimate of drug-likeness (QED) is 0.742. The van der Waals surface area contributed by atoms with E-state index in [1.54, 1.807) is 19.9 Å². The van der Waals surface area contributed by atoms with Crippen molar-refractivity contribution in [3.05, 3.63) is 39.4 Å². The highest BCUT2D eigenvalue weighted by molar-refractivity contribution is 5.99. The van der Waals surface area contributed by atoms with Crippen molar-refractivity contribution in [3.63, 3.8) is 0 Å². The monoisotopic (exact) mass is 317 g/mol. The van der Waals surface area contributed by atoms with E-state index >= 15 is 0 Å². The number of rotatable bonds is 3. The molecule has 1 saturated heterocycles. The number of aryl methyl sites for hydroxylation is 1. The fraction of sp³-hybridized carbons (Fsp3) is 0.375. The molecule has 1 N–H and O–H groups in total. The SMILES string of the molecule is C=C/C=c1/nc(C)n(C2CCC(=O)NC2=O)c(=O)/c1=C(/C)OC. The summed E-state index contributed by atoms with van der Waals surface area (Å²) >= 11 is 0. The highest BCUT2D eigenvalue weighted by Crippen LogP contribution is 2.16. The van der Waals surface area contributed by atoms with Crippen molar-refractivity contribution >= 4 is 23.6 Å². The van der Waals surface area contributed by atoms with Gasteiger partial charge in [-0.2, -0.15) is 0 Å². The van der Waals surface area contributed by atoms with Gasteiger partial charge < -0.3 is 4.74 Å². The minimum absolute atomic E-state index is 0.186. The van der Waals surface area contributed by atoms with Crippen LogP contribution in [0.15, 0.2) is 17.4 Å². The van der Waals surface area contributed by atoms with Crippen molar-refractivity contribution < 1.29 is 14.3 Å². The van der Waals surface area contributed by atoms with Crippen LogP contribution in [0.4, 0.5) is 0 Å². The van der Waals surface area contributed by atoms with Crippen LogP contribution in [0.2, 0.25) is 0 Å². The summed E-state index contributed by atoms with van der Waals surface area (Å²) in [4.78, 5) is 40.7. The fourth-order valence-electron chi connectivity index (χ4n) is 2.62. The molecule has 23 heavy (non-hydrogen) atoms. The lowest BCUT2D eigenvalue weighted by molar-refractivity contribution is -0.135. The predicted octanol–water partition coefficient (Wildman–Crippen LogP) is -0.730. The molecule has 0 aliphatic carbocycles. The van der Waals surface area contributed by atoms with Crippen molar-refractivity contribution in [2.45, 2.75) is 32.7 Å². The molecule has 2 amide bonds. The van der Waals surface area contributed by atoms with E-state index in [2.05, 4.69) is 16.9 Å². The number of amides is 2. The lowest BCUT2D eigenvalue weighted by Crippen LogP contribution is -2.53. The van der Waals surface area contributed by atoms with Crippen LogP contribution in [0.1, 0.15) is 31.6 Å². The molecule has 0 radical (unpaired) electrons. The van der Waals surface area contributed by atoms with Gasteiger partial charge in [-0.25, -0.2) is 4.98 Å². The Morgan fingerprint density at radius 2 is 2.13 bits per heavy atom. The lowest BCUT2D eigenvalue weighted by Gasteiger charge is -2.24. The average Bonchev–Trinajstić information content (AvgIpc) is 2.49. The van der Waals surface area contributed by atoms with Gasteiger partial charge in [-0.3, -0.25) is 24.3 Å². The normalized spacial score (nSPS) is 20.1. The third-order valence-corrected chi connectivity index (χ3v) is 3.78. The summed E-state index contributed by atoms with van der Waals surface area (Å²) in [6.07, 6.45) is 3.60. The Balaban J connectivity index is 2.80. The first-order valence-electron chi connectivity index (χ1n) is 7.21. The van der Waals surface area contributed by atoms with Crippen LogP contribution < -0.4 is 21.4 Å². The van der Waals surface area contributed by atoms with Crippen LogP contribution in [0.5, 0.6) is 0 Å². The van der Waals surface area contributed by atoms with E-state index in [1.807, 2.05) is 0 Å². The van der Waals surface area contributed by atoms with Crippen LogP contribution >= 0.6 is 0 Å². The van der Waals surface area contributed by atoms with Crippen molar-refractivity contribution in [3.8, 4) is 0 Å². The molecule has 7 heteroatoms. The van der Waals surface area contributed by atoms with Crippen LogP contribution in [-0.2, 0) is 14.3 Å². The number of allylic oxidation sites excluding steroid dienone is 1. The smallest absolute Gasteiger partial charge is 0.265 e. The molecular formula is C16H19N3O4. The Kier molecular flexibility index (Phi) is 4.78. The molecule has 1 aromatic heterocycles. The molecule has 7 nitrogen and oxygen atoms in total. The standard InChI is InChI=1S/C16H19N3O4/c1-5-6-11-14(9(2)23-4)16(22)19(10(3)17-11)12-7-8-13(20)18-15(12)21/h5-6,12H,1,7-8H2,2-4H3,(H,18,20,21)/b11-6+,14-9-. The van der Waals surface area contributed by atoms with Gasteiger partial charge in [0.15, 0.2) is 0 Å². The summed E-state index contributed by atoms with van der Waals surface area (Å²) in [5.41, 5.74) is -0.376. The lowest BCUT2D eigenvalue weighted by atomic mass is 10.1. The zero-order chi connectivity index (χ0) is 17.1. The maximum atomic E-state index is 12.9. The third-order valence-electron chi connectivity index (χ3n) is 3.78. The number of nitrogens with one attached hydrogen (secondary N) is 1. The van der Waals surface area contributed by atoms with Crippen LogP contribution in [0.25, 0.3) is 11.8 Å². The highest BCUT2D eigenvalue weighted by atomic mass is 16.5. The van der Waals surface area contributed by atoms with Gasteiger partial charge in [0.1, 0.15) is 22.8 Å². The minimum atomic E-state index is -0.756. The predicted molar refractivity (Wildman–Crippen MR) is 84.7 cm³/mol. The Labute approximate surface area is 133 Å². The number of hydrogen-bond donors (Lipinski definition) is 1. The molecule has 0 bridgehead atoms. The Morgan fingerprint density at radius 1 is 1.43 bits per heavy atom. The first kappa shape index (κ1) is 16.7. The molecule has 0 saturated carbocycles. The van der Waals surface area contributed by atoms with E-state index in [0.29, 0.717) is 16.9 Å². The van der Waals surface area contributed by atoms with E-state index in [9.17, 15) is 14.4 Å². The second kappa shape index (κ2) is 6.60. The number of imide groups is 1. The largest absolute Gasteiger partial charge is 0.500 e. The van der Waals surface area contributed by atoms with Gasteiger partial charge in [0.2, 0.25) is 11.8 Å². The van der Waals surface area contributed by atoms with Crippen LogP contribution in [0.3, 0.4) is 0 Å². The molecule has 1 aromatic rings. The summed E-state index contributed by atoms with van der Waals surface area (Å²) in [5, 5.41) is 2.97. The van der Waals surface area contributed by atoms with E-state index in [1.165, 1.54) is 17.8 Å². The van der Waals surface area contributed by atoms with E-state index in [4.69, 9.17) is 4.74 Å². The van der Waals surface area contributed by atoms with Crippen molar-refractivity contribution in [1.29, 1.82) is 0 Å². The van der Waals surface area contributed by atoms with Crippen LogP contribution in [-0.4, -0.2) is 28.5 Å². The van der Waals surface area contributed by atoms with E-state index < -0.39 is 11.9 Å². The summed E-state index contributed by atoms with van der Waals surface area (Å²) in [5.74, 6) is -0.0296. The number of carbonyl (C=O) groups excluding carboxylic acids is 2. The fourth-order valence-corrected chi connectivity index (χ4v) is 2.62. The number of hydrogen-bond acceptors (Lipinski definition) is 5. The van der Waals surface area contributed by atoms with E-state index in [-0.39, 0.29) is 29.5 Å². The number of ether oxygens (including phenoxy) is 1. The average molecular weight is 317 g/mol. The van der Waals surface area contributed by atoms with Gasteiger partial charge in [-0.15, -0.1) is 0 Å². The number of methoxy groups -OCH3 is 1. The van der Waals surface area contributed by atoms with Gasteiger partial charge in [0.25, 0.3) is 5.56 Å². The summed E-state index contributed by atoms with van der Waals surface area (Å²) in [6.45, 7) is 6.92. The van der Waals surface area contributed by atoms with Crippen molar-refractivity contribution in [1.82, 2.24) is 14.9 Å². The Bertz CT molecular complexity index is 851. The molecule has 0 aromatic carbocycles. The Morgan fingerprint density at radius 3 is 2.70 bits per heavy atom. The highest BCUT2D eigenvalue weighted by Gasteiger charge is 2.30. The van der Waals surface area contributed by atoms with Gasteiger partial charge in [-0.1, -0.05) is 12.7 Å². The van der Waals surface area contributed by atoms with Gasteiger partial charge >= 0.3 is 0 Å². The number of piperidine rings is 1. The molecule has 1 aliphatic rings. The zero-order valence-corrected chi connectivity index (χ0v) is 13.4. The molecule has 0 spiro atoms. The molecule has 1 aliphatic heterocycles. The molecular weight excluding hydrogens is 298 g/mol. The van der Waals surface area contributed by atoms with Crippen molar-refractivity contribution in [2.24, 2.45) is 0 Å². The topological polar surface area (TPSA) is 90.3 Å². The molecule has 1 unspecified atom stereocenters. The number of carbonyl (C=O) groups is 2. The van der Waals surface area contributed by atoms with Gasteiger partial charge in [0.05, 0.1) is 12.5 Å². The third kappa shape index (κ3) is 3.08. The van der Waals surface area contributed by atoms with Gasteiger partial charge in [-0.05, 0) is 26.3 Å². The summed E-state index contributed by atoms with van der Waals surface area (Å²) in [7, 11) is 1.46. The number of nitrogens with zero attached hydrogens (tertiary/aromatic N) is 2. The second-order valence-corrected chi connectivity index (χ2v) is 5.22. The minimum Gasteiger partial charge on any atom is -0.500 e. The number of aromatic nitrogens is 2. The maximum absolute atomic E-state index is 12.9. The van der Waals surface area contributed by atoms with Gasteiger partial charge in [0, 0.05) is 6.42 Å². The second-order valence-electron chi connectivity index (χ2n) is 5.22. The molecule has 1 fully saturated rings. The molecule has 1 atom stereocenters. The zero-order valence-electron chi connectivity index (χ0n) is 13.4. The van der Waals surface area contributed by atoms with Crippen LogP contribution in [0, 0.1) is 6.92 Å².